The van der Waals surface area contributed by atoms with Crippen LogP contribution in [0.2, 0.25) is 0 Å². The van der Waals surface area contributed by atoms with Crippen molar-refractivity contribution >= 4 is 23.9 Å². The van der Waals surface area contributed by atoms with Crippen molar-refractivity contribution in [2.75, 3.05) is 0 Å². The monoisotopic (exact) mass is 1080 g/mol. The van der Waals surface area contributed by atoms with Crippen LogP contribution in [-0.2, 0) is 19.2 Å². The fourth-order valence-electron chi connectivity index (χ4n) is 19.6. The van der Waals surface area contributed by atoms with E-state index in [1.807, 2.05) is 27.7 Å². The molecule has 7 saturated carbocycles. The van der Waals surface area contributed by atoms with Gasteiger partial charge in [0.2, 0.25) is 0 Å². The minimum absolute atomic E-state index is 0.139. The third-order valence-electron chi connectivity index (χ3n) is 24.7. The Bertz CT molecular complexity index is 2280. The lowest BCUT2D eigenvalue weighted by atomic mass is 9.43. The second-order valence-electron chi connectivity index (χ2n) is 30.4. The molecule has 78 heavy (non-hydrogen) atoms. The molecule has 0 heterocycles. The quantitative estimate of drug-likeness (QED) is 0.149. The van der Waals surface area contributed by atoms with E-state index in [1.54, 1.807) is 11.1 Å². The molecule has 0 radical (unpaired) electrons. The van der Waals surface area contributed by atoms with Crippen molar-refractivity contribution in [3.05, 3.63) is 60.3 Å². The molecule has 0 aromatic heterocycles. The molecule has 0 aromatic rings. The molecule has 9 aliphatic rings. The summed E-state index contributed by atoms with van der Waals surface area (Å²) < 4.78 is 0. The maximum absolute atomic E-state index is 12.0. The molecule has 8 nitrogen and oxygen atoms in total. The van der Waals surface area contributed by atoms with Crippen molar-refractivity contribution in [1.29, 1.82) is 0 Å². The van der Waals surface area contributed by atoms with Gasteiger partial charge in [-0.3, -0.25) is 19.2 Å². The van der Waals surface area contributed by atoms with Crippen molar-refractivity contribution in [2.45, 2.75) is 251 Å². The third kappa shape index (κ3) is 12.8. The van der Waals surface area contributed by atoms with Crippen LogP contribution in [0.5, 0.6) is 0 Å². The molecule has 4 N–H and O–H groups in total. The van der Waals surface area contributed by atoms with Crippen molar-refractivity contribution < 1.29 is 39.6 Å². The van der Waals surface area contributed by atoms with Crippen LogP contribution in [0.1, 0.15) is 251 Å². The largest absolute Gasteiger partial charge is 0.481 e. The maximum atomic E-state index is 12.0. The Morgan fingerprint density at radius 1 is 0.615 bits per heavy atom. The Kier molecular flexibility index (Phi) is 20.1. The normalized spacial score (nSPS) is 42.6. The van der Waals surface area contributed by atoms with Gasteiger partial charge in [0.05, 0.1) is 16.2 Å². The van der Waals surface area contributed by atoms with Gasteiger partial charge in [-0.1, -0.05) is 122 Å². The van der Waals surface area contributed by atoms with Crippen LogP contribution in [0, 0.1) is 102 Å². The summed E-state index contributed by atoms with van der Waals surface area (Å²) in [5.41, 5.74) is 3.89. The summed E-state index contributed by atoms with van der Waals surface area (Å²) in [5, 5.41) is 38.0. The number of fused-ring (bicyclic) bond motifs is 9. The number of hydrogen-bond donors (Lipinski definition) is 4. The van der Waals surface area contributed by atoms with Gasteiger partial charge in [0.25, 0.3) is 0 Å². The van der Waals surface area contributed by atoms with Crippen LogP contribution in [0.15, 0.2) is 60.3 Å². The Morgan fingerprint density at radius 3 is 1.67 bits per heavy atom. The first-order valence-corrected chi connectivity index (χ1v) is 31.5. The second kappa shape index (κ2) is 24.6. The Morgan fingerprint density at radius 2 is 1.14 bits per heavy atom. The van der Waals surface area contributed by atoms with E-state index in [-0.39, 0.29) is 45.3 Å². The summed E-state index contributed by atoms with van der Waals surface area (Å²) in [5.74, 6) is 3.39. The molecule has 8 heteroatoms. The van der Waals surface area contributed by atoms with E-state index in [0.29, 0.717) is 23.7 Å². The molecule has 0 aliphatic heterocycles. The number of carbonyl (C=O) groups is 4. The van der Waals surface area contributed by atoms with Gasteiger partial charge in [-0.25, -0.2) is 0 Å². The first kappa shape index (κ1) is 63.8. The first-order chi connectivity index (χ1) is 36.3. The van der Waals surface area contributed by atoms with Crippen LogP contribution in [-0.4, -0.2) is 44.3 Å². The average molecular weight is 1080 g/mol. The molecule has 7 fully saturated rings. The summed E-state index contributed by atoms with van der Waals surface area (Å²) in [7, 11) is 0. The van der Waals surface area contributed by atoms with Crippen LogP contribution in [0.3, 0.4) is 0 Å². The lowest BCUT2D eigenvalue weighted by Gasteiger charge is -2.60. The molecule has 9 aliphatic carbocycles. The molecule has 9 rings (SSSR count). The van der Waals surface area contributed by atoms with E-state index in [1.165, 1.54) is 69.8 Å². The molecular formula is C70H112O8. The summed E-state index contributed by atoms with van der Waals surface area (Å²) in [6.07, 6.45) is 38.3. The lowest BCUT2D eigenvalue weighted by Crippen LogP contribution is -2.56. The van der Waals surface area contributed by atoms with Crippen molar-refractivity contribution in [1.82, 2.24) is 0 Å². The fraction of sp³-hybridized carbons (Fsp3) is 0.800. The van der Waals surface area contributed by atoms with Crippen molar-refractivity contribution in [3.63, 3.8) is 0 Å². The summed E-state index contributed by atoms with van der Waals surface area (Å²) in [6, 6.07) is 0. The van der Waals surface area contributed by atoms with Gasteiger partial charge in [0, 0.05) is 11.8 Å². The fourth-order valence-corrected chi connectivity index (χ4v) is 19.6. The van der Waals surface area contributed by atoms with Gasteiger partial charge in [0.15, 0.2) is 0 Å². The minimum Gasteiger partial charge on any atom is -0.481 e. The number of hydrogen-bond acceptors (Lipinski definition) is 4. The number of allylic oxidation sites excluding steroid dienone is 8. The van der Waals surface area contributed by atoms with E-state index in [4.69, 9.17) is 5.11 Å². The van der Waals surface area contributed by atoms with E-state index in [2.05, 4.69) is 106 Å². The topological polar surface area (TPSA) is 149 Å². The van der Waals surface area contributed by atoms with Crippen LogP contribution < -0.4 is 0 Å². The third-order valence-corrected chi connectivity index (χ3v) is 24.7. The van der Waals surface area contributed by atoms with Crippen molar-refractivity contribution in [2.24, 2.45) is 102 Å². The minimum atomic E-state index is -0.695. The molecule has 0 spiro atoms. The number of aliphatic carboxylic acids is 4. The predicted octanol–water partition coefficient (Wildman–Crippen LogP) is 18.6. The van der Waals surface area contributed by atoms with E-state index in [9.17, 15) is 34.5 Å². The Balaban J connectivity index is 0.000000172. The summed E-state index contributed by atoms with van der Waals surface area (Å²) >= 11 is 0. The second-order valence-corrected chi connectivity index (χ2v) is 30.4. The van der Waals surface area contributed by atoms with Crippen LogP contribution >= 0.6 is 0 Å². The molecule has 440 valence electrons. The zero-order valence-corrected chi connectivity index (χ0v) is 51.7. The summed E-state index contributed by atoms with van der Waals surface area (Å²) in [4.78, 5) is 46.2. The molecule has 17 atom stereocenters. The average Bonchev–Trinajstić information content (AvgIpc) is 3.57. The molecule has 0 aromatic carbocycles. The number of carboxylic acid groups (broad SMARTS) is 4. The predicted molar refractivity (Wildman–Crippen MR) is 319 cm³/mol. The van der Waals surface area contributed by atoms with E-state index >= 15 is 0 Å². The van der Waals surface area contributed by atoms with Gasteiger partial charge >= 0.3 is 23.9 Å². The van der Waals surface area contributed by atoms with Gasteiger partial charge in [-0.05, 0) is 250 Å². The molecule has 0 saturated heterocycles. The molecule has 11 unspecified atom stereocenters. The van der Waals surface area contributed by atoms with E-state index in [0.717, 1.165) is 114 Å². The zero-order valence-electron chi connectivity index (χ0n) is 51.7. The van der Waals surface area contributed by atoms with Crippen molar-refractivity contribution in [3.8, 4) is 0 Å². The SMILES string of the molecule is C=C[C@@]1(C)C=C2CCC3[C@](C)(CCC[C@@]3(C)C(=O)O)C2CC1.C=C[C@@]1(C)CCC2C(=CCC3[C@]2(C)CCC[C@@]3(C)C(=O)O)C1.CC(C)=CCCC(C)CC(=O)O.CC(C)C1CCC2C(CCC3C(C)(C(=O)O)CCCC23C)C1. The smallest absolute Gasteiger partial charge is 0.309 e. The first-order valence-electron chi connectivity index (χ1n) is 31.5. The highest BCUT2D eigenvalue weighted by molar-refractivity contribution is 5.76. The lowest BCUT2D eigenvalue weighted by molar-refractivity contribution is -0.173. The maximum Gasteiger partial charge on any atom is 0.309 e. The van der Waals surface area contributed by atoms with Crippen LogP contribution in [0.4, 0.5) is 0 Å². The Hall–Kier alpha value is -3.42. The number of carboxylic acids is 4. The zero-order chi connectivity index (χ0) is 58.0. The standard InChI is InChI=1S/C20H34O2.2C20H30O2.C10H18O2/c1-13(2)14-6-8-16-15(12-14)7-9-17-19(16,3)10-5-11-20(17,4)18(21)22;2*1-5-18(2)12-9-15-14(13-18)7-8-16-19(15,3)10-6-11-20(16,4)17(21)22;1-8(2)5-4-6-9(3)7-10(11)12/h13-17H,5-12H2,1-4H3,(H,21,22);5,13,15-16H,1,6-12H2,2-4H3,(H,21,22);5,7,15-16H,1,6,8-13H2,2-4H3,(H,21,22);5,9H,4,6-7H2,1-3H3,(H,11,12)/t;15?,16?,18-,19-,20-;15?,16?,18-,19+,20+;/m.10./s1. The van der Waals surface area contributed by atoms with Crippen LogP contribution in [0.25, 0.3) is 0 Å². The highest BCUT2D eigenvalue weighted by Gasteiger charge is 2.61. The van der Waals surface area contributed by atoms with Gasteiger partial charge in [-0.15, -0.1) is 13.2 Å². The van der Waals surface area contributed by atoms with Gasteiger partial charge in [-0.2, -0.15) is 0 Å². The molecule has 0 bridgehead atoms. The molecule has 0 amide bonds. The highest BCUT2D eigenvalue weighted by Crippen LogP contribution is 2.67. The van der Waals surface area contributed by atoms with Gasteiger partial charge in [0.1, 0.15) is 0 Å². The Labute approximate surface area is 474 Å². The summed E-state index contributed by atoms with van der Waals surface area (Å²) in [6.45, 7) is 36.7. The van der Waals surface area contributed by atoms with E-state index < -0.39 is 40.1 Å². The van der Waals surface area contributed by atoms with Gasteiger partial charge < -0.3 is 20.4 Å². The highest BCUT2D eigenvalue weighted by atomic mass is 16.4. The number of rotatable bonds is 11. The molecular weight excluding hydrogens is 969 g/mol.